The highest BCUT2D eigenvalue weighted by Crippen LogP contribution is 2.26. The van der Waals surface area contributed by atoms with Crippen molar-refractivity contribution in [3.63, 3.8) is 0 Å². The maximum atomic E-state index is 11.7. The van der Waals surface area contributed by atoms with E-state index in [1.54, 1.807) is 13.3 Å². The minimum atomic E-state index is -2.29. The second kappa shape index (κ2) is 6.12. The summed E-state index contributed by atoms with van der Waals surface area (Å²) in [6.45, 7) is 0.848. The van der Waals surface area contributed by atoms with E-state index >= 15 is 0 Å². The first-order chi connectivity index (χ1) is 10.6. The van der Waals surface area contributed by atoms with Crippen LogP contribution in [0, 0.1) is 10.7 Å². The smallest absolute Gasteiger partial charge is 0.121 e. The van der Waals surface area contributed by atoms with Crippen LogP contribution in [0.5, 0.6) is 5.75 Å². The van der Waals surface area contributed by atoms with Crippen molar-refractivity contribution in [1.29, 1.82) is 4.78 Å². The number of nitrogens with zero attached hydrogens (tertiary/aromatic N) is 1. The second-order valence-electron chi connectivity index (χ2n) is 5.79. The Morgan fingerprint density at radius 1 is 1.36 bits per heavy atom. The Morgan fingerprint density at radius 2 is 2.14 bits per heavy atom. The van der Waals surface area contributed by atoms with Gasteiger partial charge < -0.3 is 10.1 Å². The number of hydrogen-bond donors (Lipinski definition) is 2. The summed E-state index contributed by atoms with van der Waals surface area (Å²) in [7, 11) is -0.643. The lowest BCUT2D eigenvalue weighted by atomic mass is 10.0. The molecule has 0 atom stereocenters. The molecule has 5 nitrogen and oxygen atoms in total. The van der Waals surface area contributed by atoms with E-state index in [1.165, 1.54) is 0 Å². The van der Waals surface area contributed by atoms with E-state index in [2.05, 4.69) is 10.3 Å². The van der Waals surface area contributed by atoms with E-state index in [1.807, 2.05) is 24.3 Å². The van der Waals surface area contributed by atoms with E-state index < -0.39 is 9.73 Å². The van der Waals surface area contributed by atoms with E-state index in [9.17, 15) is 4.21 Å². The molecule has 2 aromatic rings. The fraction of sp³-hybridized carbons (Fsp3) is 0.438. The predicted molar refractivity (Wildman–Crippen MR) is 90.1 cm³/mol. The normalized spacial score (nSPS) is 25.0. The molecule has 0 radical (unpaired) electrons. The Bertz CT molecular complexity index is 760. The van der Waals surface area contributed by atoms with Gasteiger partial charge >= 0.3 is 0 Å². The molecule has 1 aromatic carbocycles. The number of pyridine rings is 1. The zero-order chi connectivity index (χ0) is 15.6. The minimum absolute atomic E-state index is 0.487. The summed E-state index contributed by atoms with van der Waals surface area (Å²) < 4.78 is 24.6. The van der Waals surface area contributed by atoms with Crippen molar-refractivity contribution in [2.75, 3.05) is 30.5 Å². The van der Waals surface area contributed by atoms with Crippen molar-refractivity contribution in [1.82, 2.24) is 4.98 Å². The summed E-state index contributed by atoms with van der Waals surface area (Å²) in [5.41, 5.74) is 1.96. The molecule has 1 aliphatic heterocycles. The fourth-order valence-electron chi connectivity index (χ4n) is 2.83. The average molecular weight is 319 g/mol. The molecule has 0 unspecified atom stereocenters. The number of fused-ring (bicyclic) bond motifs is 1. The number of methoxy groups -OCH3 is 1. The highest BCUT2D eigenvalue weighted by molar-refractivity contribution is 7.92. The van der Waals surface area contributed by atoms with Crippen LogP contribution in [0.1, 0.15) is 12.8 Å². The summed E-state index contributed by atoms with van der Waals surface area (Å²) in [6.07, 6.45) is 3.53. The number of anilines is 1. The number of nitrogens with one attached hydrogen (secondary N) is 2. The van der Waals surface area contributed by atoms with Gasteiger partial charge in [0.25, 0.3) is 0 Å². The van der Waals surface area contributed by atoms with Crippen molar-refractivity contribution < 1.29 is 8.95 Å². The van der Waals surface area contributed by atoms with Crippen molar-refractivity contribution in [3.8, 4) is 5.75 Å². The molecule has 2 N–H and O–H groups in total. The molecular formula is C16H21N3O2S. The topological polar surface area (TPSA) is 75.1 Å². The van der Waals surface area contributed by atoms with Gasteiger partial charge in [0.2, 0.25) is 0 Å². The Balaban J connectivity index is 1.72. The Kier molecular flexibility index (Phi) is 4.20. The van der Waals surface area contributed by atoms with Gasteiger partial charge in [-0.1, -0.05) is 0 Å². The van der Waals surface area contributed by atoms with Gasteiger partial charge in [-0.2, -0.15) is 0 Å². The van der Waals surface area contributed by atoms with E-state index in [0.29, 0.717) is 17.4 Å². The summed E-state index contributed by atoms with van der Waals surface area (Å²) >= 11 is 0. The molecule has 0 aliphatic carbocycles. The lowest BCUT2D eigenvalue weighted by Gasteiger charge is -2.24. The van der Waals surface area contributed by atoms with Gasteiger partial charge in [0, 0.05) is 51.1 Å². The SMILES string of the molecule is COc1ccc2c(NCC3CCS(=N)(=O)CC3)ccnc2c1. The highest BCUT2D eigenvalue weighted by Gasteiger charge is 2.21. The van der Waals surface area contributed by atoms with Gasteiger partial charge in [-0.25, -0.2) is 4.21 Å². The summed E-state index contributed by atoms with van der Waals surface area (Å²) in [4.78, 5) is 4.38. The first-order valence-corrected chi connectivity index (χ1v) is 9.38. The number of aromatic nitrogens is 1. The molecule has 1 fully saturated rings. The van der Waals surface area contributed by atoms with Crippen molar-refractivity contribution >= 4 is 26.3 Å². The zero-order valence-corrected chi connectivity index (χ0v) is 13.5. The third kappa shape index (κ3) is 3.32. The number of hydrogen-bond acceptors (Lipinski definition) is 5. The molecule has 0 bridgehead atoms. The highest BCUT2D eigenvalue weighted by atomic mass is 32.2. The molecule has 0 amide bonds. The van der Waals surface area contributed by atoms with Crippen LogP contribution in [-0.2, 0) is 9.73 Å². The quantitative estimate of drug-likeness (QED) is 0.908. The van der Waals surface area contributed by atoms with Crippen molar-refractivity contribution in [3.05, 3.63) is 30.5 Å². The van der Waals surface area contributed by atoms with E-state index in [-0.39, 0.29) is 0 Å². The third-order valence-corrected chi connectivity index (χ3v) is 6.03. The van der Waals surface area contributed by atoms with Crippen molar-refractivity contribution in [2.24, 2.45) is 5.92 Å². The number of benzene rings is 1. The van der Waals surface area contributed by atoms with Gasteiger partial charge in [-0.3, -0.25) is 9.76 Å². The van der Waals surface area contributed by atoms with Crippen LogP contribution < -0.4 is 10.1 Å². The molecule has 1 aliphatic rings. The lowest BCUT2D eigenvalue weighted by Crippen LogP contribution is -2.27. The molecule has 3 rings (SSSR count). The molecule has 0 saturated carbocycles. The fourth-order valence-corrected chi connectivity index (χ4v) is 4.46. The third-order valence-electron chi connectivity index (χ3n) is 4.24. The van der Waals surface area contributed by atoms with Crippen LogP contribution in [0.4, 0.5) is 5.69 Å². The standard InChI is InChI=1S/C16H21N3O2S/c1-21-13-2-3-14-15(4-7-18-16(14)10-13)19-11-12-5-8-22(17,20)9-6-12/h2-4,7,10,12,17H,5-6,8-9,11H2,1H3,(H,18,19). The van der Waals surface area contributed by atoms with Crippen LogP contribution >= 0.6 is 0 Å². The van der Waals surface area contributed by atoms with E-state index in [0.717, 1.165) is 41.7 Å². The summed E-state index contributed by atoms with van der Waals surface area (Å²) in [6, 6.07) is 7.85. The van der Waals surface area contributed by atoms with Crippen LogP contribution in [0.2, 0.25) is 0 Å². The first-order valence-electron chi connectivity index (χ1n) is 7.48. The number of ether oxygens (including phenoxy) is 1. The van der Waals surface area contributed by atoms with Gasteiger partial charge in [0.15, 0.2) is 0 Å². The molecule has 22 heavy (non-hydrogen) atoms. The Morgan fingerprint density at radius 3 is 2.86 bits per heavy atom. The van der Waals surface area contributed by atoms with Gasteiger partial charge in [-0.15, -0.1) is 0 Å². The molecular weight excluding hydrogens is 298 g/mol. The second-order valence-corrected chi connectivity index (χ2v) is 8.23. The van der Waals surface area contributed by atoms with E-state index in [4.69, 9.17) is 9.52 Å². The predicted octanol–water partition coefficient (Wildman–Crippen LogP) is 3.11. The Labute approximate surface area is 131 Å². The Hall–Kier alpha value is -1.82. The zero-order valence-electron chi connectivity index (χ0n) is 12.7. The maximum absolute atomic E-state index is 11.7. The maximum Gasteiger partial charge on any atom is 0.121 e. The minimum Gasteiger partial charge on any atom is -0.497 e. The summed E-state index contributed by atoms with van der Waals surface area (Å²) in [5, 5.41) is 4.56. The molecule has 1 saturated heterocycles. The molecule has 0 spiro atoms. The van der Waals surface area contributed by atoms with Gasteiger partial charge in [0.05, 0.1) is 12.6 Å². The van der Waals surface area contributed by atoms with Crippen molar-refractivity contribution in [2.45, 2.75) is 12.8 Å². The van der Waals surface area contributed by atoms with Crippen LogP contribution in [0.3, 0.4) is 0 Å². The largest absolute Gasteiger partial charge is 0.497 e. The molecule has 2 heterocycles. The van der Waals surface area contributed by atoms with Gasteiger partial charge in [0.1, 0.15) is 5.75 Å². The van der Waals surface area contributed by atoms with Crippen LogP contribution in [0.15, 0.2) is 30.5 Å². The van der Waals surface area contributed by atoms with Crippen LogP contribution in [0.25, 0.3) is 10.9 Å². The monoisotopic (exact) mass is 319 g/mol. The lowest BCUT2D eigenvalue weighted by molar-refractivity contribution is 0.415. The number of rotatable bonds is 4. The first kappa shape index (κ1) is 15.1. The molecule has 6 heteroatoms. The van der Waals surface area contributed by atoms with Crippen LogP contribution in [-0.4, -0.2) is 34.4 Å². The average Bonchev–Trinajstić information content (AvgIpc) is 2.53. The van der Waals surface area contributed by atoms with Gasteiger partial charge in [-0.05, 0) is 37.0 Å². The molecule has 118 valence electrons. The summed E-state index contributed by atoms with van der Waals surface area (Å²) in [5.74, 6) is 2.36. The molecule has 1 aromatic heterocycles.